The number of anilines is 1. The lowest BCUT2D eigenvalue weighted by atomic mass is 9.85. The van der Waals surface area contributed by atoms with Crippen molar-refractivity contribution in [2.75, 3.05) is 24.7 Å². The number of piperidine rings is 1. The predicted octanol–water partition coefficient (Wildman–Crippen LogP) is 2.81. The smallest absolute Gasteiger partial charge is 0.250 e. The van der Waals surface area contributed by atoms with Gasteiger partial charge in [-0.3, -0.25) is 14.4 Å². The van der Waals surface area contributed by atoms with Crippen molar-refractivity contribution >= 4 is 35.0 Å². The third kappa shape index (κ3) is 4.55. The minimum Gasteiger partial charge on any atom is -0.368 e. The molecule has 3 amide bonds. The van der Waals surface area contributed by atoms with Gasteiger partial charge in [-0.15, -0.1) is 0 Å². The number of aryl methyl sites for hydroxylation is 1. The fraction of sp³-hybridized carbons (Fsp3) is 0.400. The summed E-state index contributed by atoms with van der Waals surface area (Å²) < 4.78 is 0. The first-order valence-corrected chi connectivity index (χ1v) is 11.6. The molecule has 2 aromatic rings. The summed E-state index contributed by atoms with van der Waals surface area (Å²) in [6, 6.07) is 16.6. The van der Waals surface area contributed by atoms with Gasteiger partial charge in [0.15, 0.2) is 0 Å². The summed E-state index contributed by atoms with van der Waals surface area (Å²) in [6.07, 6.45) is 2.08. The predicted molar refractivity (Wildman–Crippen MR) is 128 cm³/mol. The van der Waals surface area contributed by atoms with Gasteiger partial charge >= 0.3 is 0 Å². The second kappa shape index (κ2) is 9.43. The van der Waals surface area contributed by atoms with Crippen LogP contribution >= 0.6 is 11.6 Å². The number of halogens is 1. The van der Waals surface area contributed by atoms with E-state index in [4.69, 9.17) is 17.3 Å². The Morgan fingerprint density at radius 3 is 2.30 bits per heavy atom. The van der Waals surface area contributed by atoms with Crippen molar-refractivity contribution in [1.82, 2.24) is 9.80 Å². The average Bonchev–Trinajstić information content (AvgIpc) is 3.10. The Balaban J connectivity index is 1.47. The van der Waals surface area contributed by atoms with E-state index in [1.54, 1.807) is 11.8 Å². The van der Waals surface area contributed by atoms with E-state index in [0.717, 1.165) is 11.3 Å². The quantitative estimate of drug-likeness (QED) is 0.706. The number of carbonyl (C=O) groups excluding carboxylic acids is 3. The second-order valence-corrected chi connectivity index (χ2v) is 9.23. The van der Waals surface area contributed by atoms with E-state index < -0.39 is 17.5 Å². The van der Waals surface area contributed by atoms with E-state index in [9.17, 15) is 14.4 Å². The number of benzene rings is 2. The number of nitrogens with two attached hydrogens (primary N) is 1. The zero-order chi connectivity index (χ0) is 23.6. The Hall–Kier alpha value is -3.06. The number of hydrogen-bond acceptors (Lipinski definition) is 4. The number of likely N-dealkylation sites (tertiary alicyclic amines) is 1. The van der Waals surface area contributed by atoms with Gasteiger partial charge in [-0.2, -0.15) is 0 Å². The minimum atomic E-state index is -0.780. The van der Waals surface area contributed by atoms with Crippen LogP contribution in [0.25, 0.3) is 0 Å². The molecule has 8 heteroatoms. The molecule has 2 aliphatic rings. The molecular formula is C25H29ClN4O3. The second-order valence-electron chi connectivity index (χ2n) is 8.80. The highest BCUT2D eigenvalue weighted by molar-refractivity contribution is 6.30. The molecule has 0 bridgehead atoms. The van der Waals surface area contributed by atoms with Crippen LogP contribution in [-0.2, 0) is 20.8 Å². The van der Waals surface area contributed by atoms with Crippen LogP contribution in [0.5, 0.6) is 0 Å². The first kappa shape index (κ1) is 23.1. The van der Waals surface area contributed by atoms with E-state index in [2.05, 4.69) is 4.90 Å². The van der Waals surface area contributed by atoms with Crippen molar-refractivity contribution in [1.29, 1.82) is 0 Å². The molecule has 4 rings (SSSR count). The van der Waals surface area contributed by atoms with Crippen LogP contribution in [-0.4, -0.2) is 58.9 Å². The van der Waals surface area contributed by atoms with Crippen LogP contribution < -0.4 is 10.6 Å². The van der Waals surface area contributed by atoms with E-state index in [1.807, 2.05) is 59.5 Å². The molecule has 1 spiro atoms. The molecule has 33 heavy (non-hydrogen) atoms. The molecule has 2 aromatic carbocycles. The Labute approximate surface area is 199 Å². The fourth-order valence-corrected chi connectivity index (χ4v) is 4.92. The third-order valence-corrected chi connectivity index (χ3v) is 7.15. The Morgan fingerprint density at radius 2 is 1.70 bits per heavy atom. The molecule has 2 aliphatic heterocycles. The Kier molecular flexibility index (Phi) is 6.61. The number of rotatable bonds is 6. The van der Waals surface area contributed by atoms with Crippen LogP contribution in [0.4, 0.5) is 5.69 Å². The van der Waals surface area contributed by atoms with Gasteiger partial charge < -0.3 is 20.4 Å². The lowest BCUT2D eigenvalue weighted by Crippen LogP contribution is -2.57. The maximum Gasteiger partial charge on any atom is 0.250 e. The molecule has 174 valence electrons. The number of carbonyl (C=O) groups is 3. The molecule has 2 saturated heterocycles. The van der Waals surface area contributed by atoms with Crippen molar-refractivity contribution in [3.63, 3.8) is 0 Å². The van der Waals surface area contributed by atoms with Gasteiger partial charge in [0.2, 0.25) is 11.8 Å². The monoisotopic (exact) mass is 468 g/mol. The summed E-state index contributed by atoms with van der Waals surface area (Å²) in [7, 11) is 0. The van der Waals surface area contributed by atoms with E-state index >= 15 is 0 Å². The summed E-state index contributed by atoms with van der Waals surface area (Å²) in [5, 5.41) is 0.676. The van der Waals surface area contributed by atoms with Crippen LogP contribution in [0.3, 0.4) is 0 Å². The lowest BCUT2D eigenvalue weighted by Gasteiger charge is -2.43. The summed E-state index contributed by atoms with van der Waals surface area (Å²) in [5.41, 5.74) is 6.73. The topological polar surface area (TPSA) is 87.0 Å². The van der Waals surface area contributed by atoms with Crippen LogP contribution in [0.1, 0.15) is 31.7 Å². The molecule has 0 saturated carbocycles. The first-order chi connectivity index (χ1) is 15.8. The highest BCUT2D eigenvalue weighted by Crippen LogP contribution is 2.40. The van der Waals surface area contributed by atoms with Crippen molar-refractivity contribution in [2.24, 2.45) is 5.73 Å². The van der Waals surface area contributed by atoms with Crippen LogP contribution in [0.2, 0.25) is 5.02 Å². The van der Waals surface area contributed by atoms with Gasteiger partial charge in [-0.25, -0.2) is 0 Å². The molecule has 0 radical (unpaired) electrons. The van der Waals surface area contributed by atoms with Gasteiger partial charge in [0.1, 0.15) is 11.6 Å². The van der Waals surface area contributed by atoms with Crippen molar-refractivity contribution in [2.45, 2.75) is 44.2 Å². The van der Waals surface area contributed by atoms with E-state index in [0.29, 0.717) is 50.5 Å². The Morgan fingerprint density at radius 1 is 1.06 bits per heavy atom. The van der Waals surface area contributed by atoms with Crippen LogP contribution in [0.15, 0.2) is 54.6 Å². The van der Waals surface area contributed by atoms with Crippen molar-refractivity contribution in [3.05, 3.63) is 65.2 Å². The number of hydrogen-bond donors (Lipinski definition) is 1. The number of nitrogens with zero attached hydrogens (tertiary/aromatic N) is 3. The third-order valence-electron chi connectivity index (χ3n) is 6.90. The van der Waals surface area contributed by atoms with E-state index in [-0.39, 0.29) is 11.8 Å². The molecule has 2 heterocycles. The highest BCUT2D eigenvalue weighted by Gasteiger charge is 2.55. The standard InChI is InChI=1S/C25H29ClN4O3/c1-18(23(27)32)29-17-30(21-5-3-2-4-6-21)25(24(29)33)13-15-28(16-14-25)22(31)12-9-19-7-10-20(26)11-8-19/h2-8,10-11,18H,9,12-17H2,1H3,(H2,27,32)/t18-/m1/s1. The maximum atomic E-state index is 13.6. The number of amides is 3. The molecule has 2 fully saturated rings. The summed E-state index contributed by atoms with van der Waals surface area (Å²) in [4.78, 5) is 43.8. The molecule has 7 nitrogen and oxygen atoms in total. The normalized spacial score (nSPS) is 18.6. The minimum absolute atomic E-state index is 0.0823. The van der Waals surface area contributed by atoms with E-state index in [1.165, 1.54) is 0 Å². The molecule has 0 unspecified atom stereocenters. The lowest BCUT2D eigenvalue weighted by molar-refractivity contribution is -0.141. The van der Waals surface area contributed by atoms with Gasteiger partial charge in [-0.1, -0.05) is 41.9 Å². The summed E-state index contributed by atoms with van der Waals surface area (Å²) >= 11 is 5.93. The molecular weight excluding hydrogens is 440 g/mol. The first-order valence-electron chi connectivity index (χ1n) is 11.3. The van der Waals surface area contributed by atoms with Gasteiger partial charge in [0.25, 0.3) is 5.91 Å². The molecule has 0 aliphatic carbocycles. The summed E-state index contributed by atoms with van der Waals surface area (Å²) in [6.45, 7) is 2.95. The fourth-order valence-electron chi connectivity index (χ4n) is 4.79. The molecule has 1 atom stereocenters. The van der Waals surface area contributed by atoms with Crippen molar-refractivity contribution < 1.29 is 14.4 Å². The summed E-state index contributed by atoms with van der Waals surface area (Å²) in [5.74, 6) is -0.534. The van der Waals surface area contributed by atoms with Gasteiger partial charge in [0.05, 0.1) is 6.67 Å². The Bertz CT molecular complexity index is 1020. The molecule has 2 N–H and O–H groups in total. The average molecular weight is 469 g/mol. The van der Waals surface area contributed by atoms with Gasteiger partial charge in [0, 0.05) is 30.2 Å². The SMILES string of the molecule is C[C@H](C(N)=O)N1CN(c2ccccc2)C2(CCN(C(=O)CCc3ccc(Cl)cc3)CC2)C1=O. The van der Waals surface area contributed by atoms with Crippen LogP contribution in [0, 0.1) is 0 Å². The van der Waals surface area contributed by atoms with Crippen molar-refractivity contribution in [3.8, 4) is 0 Å². The largest absolute Gasteiger partial charge is 0.368 e. The highest BCUT2D eigenvalue weighted by atomic mass is 35.5. The maximum absolute atomic E-state index is 13.6. The zero-order valence-corrected chi connectivity index (χ0v) is 19.5. The zero-order valence-electron chi connectivity index (χ0n) is 18.7. The number of primary amides is 1. The van der Waals surface area contributed by atoms with Gasteiger partial charge in [-0.05, 0) is 56.0 Å². The number of para-hydroxylation sites is 1. The molecule has 0 aromatic heterocycles.